The number of rotatable bonds is 8. The molecule has 0 spiro atoms. The molecule has 0 aliphatic rings. The number of aromatic nitrogens is 4. The van der Waals surface area contributed by atoms with Gasteiger partial charge in [0.1, 0.15) is 5.69 Å². The zero-order chi connectivity index (χ0) is 25.0. The Kier molecular flexibility index (Phi) is 7.45. The normalized spacial score (nSPS) is 12.6. The molecule has 34 heavy (non-hydrogen) atoms. The van der Waals surface area contributed by atoms with Gasteiger partial charge in [-0.05, 0) is 57.0 Å². The molecule has 3 rings (SSSR count). The van der Waals surface area contributed by atoms with Gasteiger partial charge in [-0.15, -0.1) is 0 Å². The van der Waals surface area contributed by atoms with Crippen LogP contribution in [0.3, 0.4) is 0 Å². The van der Waals surface area contributed by atoms with Gasteiger partial charge in [-0.2, -0.15) is 5.10 Å². The third-order valence-corrected chi connectivity index (χ3v) is 5.03. The second kappa shape index (κ2) is 10.1. The molecule has 1 aromatic carbocycles. The van der Waals surface area contributed by atoms with Gasteiger partial charge in [-0.25, -0.2) is 23.5 Å². The number of alkyl halides is 2. The van der Waals surface area contributed by atoms with E-state index in [0.29, 0.717) is 5.69 Å². The number of carbonyl (C=O) groups is 1. The van der Waals surface area contributed by atoms with Crippen molar-refractivity contribution >= 4 is 17.7 Å². The van der Waals surface area contributed by atoms with Gasteiger partial charge in [-0.1, -0.05) is 6.07 Å². The number of nitrogens with one attached hydrogen (secondary N) is 1. The van der Waals surface area contributed by atoms with Crippen LogP contribution in [0.15, 0.2) is 42.9 Å². The topological polar surface area (TPSA) is 116 Å². The van der Waals surface area contributed by atoms with Gasteiger partial charge >= 0.3 is 6.09 Å². The number of β-amino-alcohol motifs (C(OH)–C–C–N with tert-alkyl or cyclic N) is 1. The van der Waals surface area contributed by atoms with Gasteiger partial charge < -0.3 is 20.4 Å². The lowest BCUT2D eigenvalue weighted by atomic mass is 10.1. The van der Waals surface area contributed by atoms with Crippen LogP contribution < -0.4 is 5.32 Å². The van der Waals surface area contributed by atoms with E-state index in [4.69, 9.17) is 0 Å². The molecule has 9 nitrogen and oxygen atoms in total. The van der Waals surface area contributed by atoms with Crippen LogP contribution in [0.2, 0.25) is 0 Å². The van der Waals surface area contributed by atoms with E-state index in [1.807, 2.05) is 25.1 Å². The van der Waals surface area contributed by atoms with Crippen LogP contribution >= 0.6 is 0 Å². The molecular weight excluding hydrogens is 446 g/mol. The minimum Gasteiger partial charge on any atom is -0.465 e. The molecule has 182 valence electrons. The molecular formula is C23H28F2N6O3. The number of carboxylic acid groups (broad SMARTS) is 1. The summed E-state index contributed by atoms with van der Waals surface area (Å²) in [6.07, 6.45) is -0.0829. The summed E-state index contributed by atoms with van der Waals surface area (Å²) in [5.41, 5.74) is 2.11. The number of aliphatic hydroxyl groups is 1. The van der Waals surface area contributed by atoms with Crippen molar-refractivity contribution in [1.82, 2.24) is 24.6 Å². The molecule has 11 heteroatoms. The van der Waals surface area contributed by atoms with Crippen molar-refractivity contribution in [3.63, 3.8) is 0 Å². The Labute approximate surface area is 196 Å². The summed E-state index contributed by atoms with van der Waals surface area (Å²) < 4.78 is 27.4. The highest BCUT2D eigenvalue weighted by Crippen LogP contribution is 2.26. The number of nitrogens with zero attached hydrogens (tertiary/aromatic N) is 5. The van der Waals surface area contributed by atoms with Gasteiger partial charge in [0.15, 0.2) is 0 Å². The highest BCUT2D eigenvalue weighted by atomic mass is 19.3. The summed E-state index contributed by atoms with van der Waals surface area (Å²) >= 11 is 0. The molecule has 0 bridgehead atoms. The van der Waals surface area contributed by atoms with E-state index in [9.17, 15) is 23.8 Å². The van der Waals surface area contributed by atoms with E-state index in [2.05, 4.69) is 20.4 Å². The van der Waals surface area contributed by atoms with Gasteiger partial charge in [-0.3, -0.25) is 4.68 Å². The largest absolute Gasteiger partial charge is 0.465 e. The summed E-state index contributed by atoms with van der Waals surface area (Å²) in [6, 6.07) is 6.75. The lowest BCUT2D eigenvalue weighted by Crippen LogP contribution is -2.49. The smallest absolute Gasteiger partial charge is 0.407 e. The molecule has 0 aliphatic heterocycles. The summed E-state index contributed by atoms with van der Waals surface area (Å²) in [5.74, 6) is 0.0648. The predicted molar refractivity (Wildman–Crippen MR) is 123 cm³/mol. The van der Waals surface area contributed by atoms with Crippen LogP contribution in [0.25, 0.3) is 11.1 Å². The Balaban J connectivity index is 1.74. The maximum absolute atomic E-state index is 12.9. The monoisotopic (exact) mass is 474 g/mol. The number of hydrogen-bond donors (Lipinski definition) is 3. The fourth-order valence-electron chi connectivity index (χ4n) is 3.44. The number of aryl methyl sites for hydroxylation is 1. The second-order valence-electron chi connectivity index (χ2n) is 8.99. The first kappa shape index (κ1) is 25.0. The minimum atomic E-state index is -2.69. The Morgan fingerprint density at radius 3 is 2.62 bits per heavy atom. The van der Waals surface area contributed by atoms with Crippen molar-refractivity contribution in [1.29, 1.82) is 0 Å². The SMILES string of the molecule is Cc1cc(Nc2nccc(C(F)F)n2)cc(-c2cnn(CC(O)CN(C(=O)O)C(C)(C)C)c2)c1. The van der Waals surface area contributed by atoms with E-state index in [1.54, 1.807) is 37.8 Å². The van der Waals surface area contributed by atoms with E-state index < -0.39 is 24.2 Å². The summed E-state index contributed by atoms with van der Waals surface area (Å²) in [6.45, 7) is 7.25. The third-order valence-electron chi connectivity index (χ3n) is 5.03. The molecule has 1 amide bonds. The molecule has 0 aliphatic carbocycles. The highest BCUT2D eigenvalue weighted by molar-refractivity contribution is 5.70. The number of anilines is 2. The molecule has 0 radical (unpaired) electrons. The van der Waals surface area contributed by atoms with Crippen LogP contribution in [0.4, 0.5) is 25.2 Å². The average Bonchev–Trinajstić information content (AvgIpc) is 3.19. The number of hydrogen-bond acceptors (Lipinski definition) is 6. The zero-order valence-corrected chi connectivity index (χ0v) is 19.4. The van der Waals surface area contributed by atoms with Crippen molar-refractivity contribution < 1.29 is 23.8 Å². The molecule has 3 N–H and O–H groups in total. The maximum atomic E-state index is 12.9. The predicted octanol–water partition coefficient (Wildman–Crippen LogP) is 4.47. The highest BCUT2D eigenvalue weighted by Gasteiger charge is 2.28. The van der Waals surface area contributed by atoms with E-state index in [1.165, 1.54) is 11.1 Å². The van der Waals surface area contributed by atoms with Gasteiger partial charge in [0, 0.05) is 29.2 Å². The van der Waals surface area contributed by atoms with Crippen molar-refractivity contribution in [3.05, 3.63) is 54.1 Å². The van der Waals surface area contributed by atoms with E-state index in [0.717, 1.165) is 22.8 Å². The van der Waals surface area contributed by atoms with Crippen molar-refractivity contribution in [2.24, 2.45) is 0 Å². The summed E-state index contributed by atoms with van der Waals surface area (Å²) in [4.78, 5) is 20.5. The molecule has 1 atom stereocenters. The number of benzene rings is 1. The third kappa shape index (κ3) is 6.47. The van der Waals surface area contributed by atoms with Crippen LogP contribution in [-0.2, 0) is 6.54 Å². The first-order valence-corrected chi connectivity index (χ1v) is 10.6. The van der Waals surface area contributed by atoms with E-state index in [-0.39, 0.29) is 24.7 Å². The van der Waals surface area contributed by atoms with Crippen LogP contribution in [0.1, 0.15) is 38.5 Å². The number of halogens is 2. The molecule has 2 heterocycles. The summed E-state index contributed by atoms with van der Waals surface area (Å²) in [5, 5.41) is 27.1. The number of amides is 1. The standard InChI is InChI=1S/C23H28F2N6O3/c1-14-7-15(9-17(8-14)28-21-26-6-5-19(29-21)20(24)25)16-10-27-30(11-16)12-18(32)13-31(22(33)34)23(2,3)4/h5-11,18,20,32H,12-13H2,1-4H3,(H,33,34)(H,26,28,29). The Morgan fingerprint density at radius 2 is 1.97 bits per heavy atom. The molecule has 1 unspecified atom stereocenters. The lowest BCUT2D eigenvalue weighted by Gasteiger charge is -2.34. The molecule has 0 fully saturated rings. The first-order valence-electron chi connectivity index (χ1n) is 10.6. The molecule has 0 saturated carbocycles. The Hall–Kier alpha value is -3.60. The second-order valence-corrected chi connectivity index (χ2v) is 8.99. The van der Waals surface area contributed by atoms with Crippen molar-refractivity contribution in [2.45, 2.75) is 52.3 Å². The van der Waals surface area contributed by atoms with Crippen molar-refractivity contribution in [3.8, 4) is 11.1 Å². The van der Waals surface area contributed by atoms with Gasteiger partial charge in [0.25, 0.3) is 6.43 Å². The average molecular weight is 475 g/mol. The zero-order valence-electron chi connectivity index (χ0n) is 19.4. The van der Waals surface area contributed by atoms with Crippen molar-refractivity contribution in [2.75, 3.05) is 11.9 Å². The lowest BCUT2D eigenvalue weighted by molar-refractivity contribution is 0.0480. The van der Waals surface area contributed by atoms with Crippen LogP contribution in [0, 0.1) is 6.92 Å². The maximum Gasteiger partial charge on any atom is 0.407 e. The van der Waals surface area contributed by atoms with Crippen LogP contribution in [-0.4, -0.2) is 59.1 Å². The summed E-state index contributed by atoms with van der Waals surface area (Å²) in [7, 11) is 0. The minimum absolute atomic E-state index is 0.0514. The van der Waals surface area contributed by atoms with Gasteiger partial charge in [0.05, 0.1) is 25.4 Å². The quantitative estimate of drug-likeness (QED) is 0.441. The first-order chi connectivity index (χ1) is 15.9. The number of aliphatic hydroxyl groups excluding tert-OH is 1. The van der Waals surface area contributed by atoms with E-state index >= 15 is 0 Å². The van der Waals surface area contributed by atoms with Gasteiger partial charge in [0.2, 0.25) is 5.95 Å². The molecule has 3 aromatic rings. The Bertz CT molecular complexity index is 1150. The Morgan fingerprint density at radius 1 is 1.24 bits per heavy atom. The van der Waals surface area contributed by atoms with Crippen LogP contribution in [0.5, 0.6) is 0 Å². The molecule has 0 saturated heterocycles. The fraction of sp³-hybridized carbons (Fsp3) is 0.391. The fourth-order valence-corrected chi connectivity index (χ4v) is 3.44. The molecule has 2 aromatic heterocycles.